The summed E-state index contributed by atoms with van der Waals surface area (Å²) in [6.45, 7) is 2.43. The molecule has 3 heterocycles. The third-order valence-corrected chi connectivity index (χ3v) is 5.47. The van der Waals surface area contributed by atoms with Gasteiger partial charge in [0, 0.05) is 46.2 Å². The molecule has 0 saturated carbocycles. The van der Waals surface area contributed by atoms with E-state index in [2.05, 4.69) is 10.3 Å². The molecule has 1 fully saturated rings. The summed E-state index contributed by atoms with van der Waals surface area (Å²) in [6.07, 6.45) is 0.675. The molecule has 0 aliphatic carbocycles. The highest BCUT2D eigenvalue weighted by Crippen LogP contribution is 2.25. The molecule has 0 spiro atoms. The molecule has 1 unspecified atom stereocenters. The molecule has 1 aromatic carbocycles. The van der Waals surface area contributed by atoms with E-state index in [9.17, 15) is 23.2 Å². The number of nitrogens with zero attached hydrogens (tertiary/aromatic N) is 5. The van der Waals surface area contributed by atoms with E-state index in [4.69, 9.17) is 0 Å². The number of anilines is 1. The van der Waals surface area contributed by atoms with Crippen molar-refractivity contribution in [2.24, 2.45) is 14.1 Å². The minimum atomic E-state index is -0.729. The van der Waals surface area contributed by atoms with Gasteiger partial charge in [0.05, 0.1) is 6.54 Å². The average Bonchev–Trinajstić information content (AvgIpc) is 3.28. The number of amides is 1. The van der Waals surface area contributed by atoms with Crippen LogP contribution in [0, 0.1) is 11.6 Å². The van der Waals surface area contributed by atoms with Crippen molar-refractivity contribution in [3.05, 3.63) is 56.2 Å². The van der Waals surface area contributed by atoms with E-state index in [0.29, 0.717) is 31.0 Å². The molecule has 31 heavy (non-hydrogen) atoms. The number of fused-ring (bicyclic) bond motifs is 1. The summed E-state index contributed by atoms with van der Waals surface area (Å²) in [4.78, 5) is 43.2. The largest absolute Gasteiger partial charge is 0.352 e. The second-order valence-electron chi connectivity index (χ2n) is 7.79. The van der Waals surface area contributed by atoms with E-state index in [1.165, 1.54) is 37.7 Å². The van der Waals surface area contributed by atoms with Crippen molar-refractivity contribution < 1.29 is 13.6 Å². The fourth-order valence-electron chi connectivity index (χ4n) is 4.06. The monoisotopic (exact) mass is 432 g/mol. The van der Waals surface area contributed by atoms with Gasteiger partial charge in [-0.3, -0.25) is 23.3 Å². The first-order valence-electron chi connectivity index (χ1n) is 9.79. The van der Waals surface area contributed by atoms with Crippen molar-refractivity contribution in [2.45, 2.75) is 25.9 Å². The van der Waals surface area contributed by atoms with Crippen LogP contribution < -0.4 is 21.5 Å². The first kappa shape index (κ1) is 20.8. The average molecular weight is 432 g/mol. The van der Waals surface area contributed by atoms with Crippen LogP contribution in [0.2, 0.25) is 0 Å². The Morgan fingerprint density at radius 1 is 1.16 bits per heavy atom. The van der Waals surface area contributed by atoms with Crippen molar-refractivity contribution in [1.29, 1.82) is 0 Å². The summed E-state index contributed by atoms with van der Waals surface area (Å²) in [5.41, 5.74) is -0.420. The molecule has 1 aliphatic rings. The quantitative estimate of drug-likeness (QED) is 0.647. The summed E-state index contributed by atoms with van der Waals surface area (Å²) in [7, 11) is 2.88. The van der Waals surface area contributed by atoms with Crippen molar-refractivity contribution in [2.75, 3.05) is 18.0 Å². The van der Waals surface area contributed by atoms with E-state index in [1.54, 1.807) is 4.57 Å². The summed E-state index contributed by atoms with van der Waals surface area (Å²) in [5.74, 6) is -1.21. The molecule has 164 valence electrons. The van der Waals surface area contributed by atoms with E-state index >= 15 is 0 Å². The lowest BCUT2D eigenvalue weighted by Gasteiger charge is -2.19. The Labute approximate surface area is 175 Å². The van der Waals surface area contributed by atoms with Crippen LogP contribution in [-0.2, 0) is 25.4 Å². The Bertz CT molecular complexity index is 1290. The second kappa shape index (κ2) is 7.64. The standard InChI is InChI=1S/C20H22F2N6O3/c1-11(29)23-15-4-5-27(10-15)19-24-17-16(18(30)26(3)20(31)25(17)2)28(19)9-12-6-13(21)8-14(22)7-12/h6-8,15H,4-5,9-10H2,1-3H3,(H,23,29). The summed E-state index contributed by atoms with van der Waals surface area (Å²) in [5, 5.41) is 2.86. The Kier molecular flexibility index (Phi) is 5.11. The molecular formula is C20H22F2N6O3. The maximum absolute atomic E-state index is 13.8. The van der Waals surface area contributed by atoms with Gasteiger partial charge in [0.15, 0.2) is 11.2 Å². The van der Waals surface area contributed by atoms with E-state index in [1.807, 2.05) is 4.90 Å². The minimum Gasteiger partial charge on any atom is -0.352 e. The second-order valence-corrected chi connectivity index (χ2v) is 7.79. The van der Waals surface area contributed by atoms with E-state index in [0.717, 1.165) is 10.6 Å². The van der Waals surface area contributed by atoms with Crippen molar-refractivity contribution in [3.63, 3.8) is 0 Å². The van der Waals surface area contributed by atoms with Gasteiger partial charge in [-0.1, -0.05) is 0 Å². The smallest absolute Gasteiger partial charge is 0.332 e. The molecule has 1 N–H and O–H groups in total. The van der Waals surface area contributed by atoms with Gasteiger partial charge in [-0.25, -0.2) is 13.6 Å². The Morgan fingerprint density at radius 3 is 2.48 bits per heavy atom. The van der Waals surface area contributed by atoms with Crippen LogP contribution in [-0.4, -0.2) is 43.7 Å². The number of aryl methyl sites for hydroxylation is 1. The Hall–Kier alpha value is -3.50. The summed E-state index contributed by atoms with van der Waals surface area (Å²) in [6, 6.07) is 3.06. The van der Waals surface area contributed by atoms with Gasteiger partial charge in [0.25, 0.3) is 5.56 Å². The van der Waals surface area contributed by atoms with Crippen LogP contribution in [0.5, 0.6) is 0 Å². The van der Waals surface area contributed by atoms with Crippen LogP contribution in [0.25, 0.3) is 11.2 Å². The third-order valence-electron chi connectivity index (χ3n) is 5.47. The Morgan fingerprint density at radius 2 is 1.84 bits per heavy atom. The highest BCUT2D eigenvalue weighted by molar-refractivity contribution is 5.75. The lowest BCUT2D eigenvalue weighted by Crippen LogP contribution is -2.37. The topological polar surface area (TPSA) is 94.2 Å². The predicted octanol–water partition coefficient (Wildman–Crippen LogP) is 0.475. The Balaban J connectivity index is 1.89. The van der Waals surface area contributed by atoms with Gasteiger partial charge in [-0.15, -0.1) is 0 Å². The van der Waals surface area contributed by atoms with Crippen LogP contribution in [0.4, 0.5) is 14.7 Å². The molecule has 1 amide bonds. The zero-order chi connectivity index (χ0) is 22.4. The molecule has 0 bridgehead atoms. The number of carbonyl (C=O) groups excluding carboxylic acids is 1. The predicted molar refractivity (Wildman–Crippen MR) is 110 cm³/mol. The number of carbonyl (C=O) groups is 1. The molecule has 0 radical (unpaired) electrons. The van der Waals surface area contributed by atoms with Crippen molar-refractivity contribution in [3.8, 4) is 0 Å². The first-order chi connectivity index (χ1) is 14.7. The van der Waals surface area contributed by atoms with Crippen LogP contribution in [0.3, 0.4) is 0 Å². The van der Waals surface area contributed by atoms with Crippen LogP contribution in [0.15, 0.2) is 27.8 Å². The number of hydrogen-bond donors (Lipinski definition) is 1. The number of halogens is 2. The molecule has 3 aromatic rings. The number of hydrogen-bond acceptors (Lipinski definition) is 5. The maximum Gasteiger partial charge on any atom is 0.332 e. The lowest BCUT2D eigenvalue weighted by atomic mass is 10.2. The van der Waals surface area contributed by atoms with Gasteiger partial charge in [0.1, 0.15) is 11.6 Å². The third kappa shape index (κ3) is 3.71. The zero-order valence-electron chi connectivity index (χ0n) is 17.4. The SMILES string of the molecule is CC(=O)NC1CCN(c2nc3c(c(=O)n(C)c(=O)n3C)n2Cc2cc(F)cc(F)c2)C1. The van der Waals surface area contributed by atoms with Gasteiger partial charge >= 0.3 is 5.69 Å². The zero-order valence-corrected chi connectivity index (χ0v) is 17.4. The molecule has 1 atom stereocenters. The van der Waals surface area contributed by atoms with Crippen LogP contribution in [0.1, 0.15) is 18.9 Å². The molecule has 11 heteroatoms. The normalized spacial score (nSPS) is 16.3. The lowest BCUT2D eigenvalue weighted by molar-refractivity contribution is -0.119. The molecule has 1 saturated heterocycles. The minimum absolute atomic E-state index is 0.0186. The van der Waals surface area contributed by atoms with Gasteiger partial charge in [-0.05, 0) is 24.1 Å². The molecule has 2 aromatic heterocycles. The van der Waals surface area contributed by atoms with Gasteiger partial charge in [-0.2, -0.15) is 4.98 Å². The van der Waals surface area contributed by atoms with Crippen molar-refractivity contribution in [1.82, 2.24) is 24.0 Å². The molecular weight excluding hydrogens is 410 g/mol. The fraction of sp³-hybridized carbons (Fsp3) is 0.400. The number of aromatic nitrogens is 4. The fourth-order valence-corrected chi connectivity index (χ4v) is 4.06. The highest BCUT2D eigenvalue weighted by Gasteiger charge is 2.29. The molecule has 1 aliphatic heterocycles. The van der Waals surface area contributed by atoms with Crippen molar-refractivity contribution >= 4 is 23.0 Å². The summed E-state index contributed by atoms with van der Waals surface area (Å²) >= 11 is 0. The number of benzene rings is 1. The van der Waals surface area contributed by atoms with E-state index in [-0.39, 0.29) is 29.7 Å². The number of imidazole rings is 1. The number of rotatable bonds is 4. The molecule has 9 nitrogen and oxygen atoms in total. The number of nitrogens with one attached hydrogen (secondary N) is 1. The summed E-state index contributed by atoms with van der Waals surface area (Å²) < 4.78 is 31.4. The molecule has 4 rings (SSSR count). The highest BCUT2D eigenvalue weighted by atomic mass is 19.1. The maximum atomic E-state index is 13.8. The van der Waals surface area contributed by atoms with Gasteiger partial charge < -0.3 is 10.2 Å². The first-order valence-corrected chi connectivity index (χ1v) is 9.79. The van der Waals surface area contributed by atoms with E-state index < -0.39 is 22.9 Å². The van der Waals surface area contributed by atoms with Gasteiger partial charge in [0.2, 0.25) is 11.9 Å². The van der Waals surface area contributed by atoms with Crippen LogP contribution >= 0.6 is 0 Å².